The largest absolute Gasteiger partial charge is 0.494 e. The molecule has 7 heteroatoms. The molecular formula is C20H23N3O4. The van der Waals surface area contributed by atoms with Gasteiger partial charge in [0.25, 0.3) is 0 Å². The molecule has 0 atom stereocenters. The van der Waals surface area contributed by atoms with E-state index in [4.69, 9.17) is 18.9 Å². The quantitative estimate of drug-likeness (QED) is 0.602. The van der Waals surface area contributed by atoms with Crippen LogP contribution in [0.5, 0.6) is 23.0 Å². The SMILES string of the molecule is CCCOc1ccc(-c2cnnn2-c2cc(OC)c(OC)cc2OC)cc1. The van der Waals surface area contributed by atoms with Crippen molar-refractivity contribution in [2.45, 2.75) is 13.3 Å². The van der Waals surface area contributed by atoms with Crippen LogP contribution in [0.4, 0.5) is 0 Å². The monoisotopic (exact) mass is 369 g/mol. The molecule has 1 aromatic heterocycles. The second-order valence-electron chi connectivity index (χ2n) is 5.78. The Morgan fingerprint density at radius 1 is 0.889 bits per heavy atom. The molecule has 0 aliphatic carbocycles. The summed E-state index contributed by atoms with van der Waals surface area (Å²) in [5.41, 5.74) is 2.48. The maximum atomic E-state index is 5.65. The maximum absolute atomic E-state index is 5.65. The van der Waals surface area contributed by atoms with Gasteiger partial charge in [-0.25, -0.2) is 4.68 Å². The smallest absolute Gasteiger partial charge is 0.164 e. The fraction of sp³-hybridized carbons (Fsp3) is 0.300. The lowest BCUT2D eigenvalue weighted by Gasteiger charge is -2.15. The number of hydrogen-bond donors (Lipinski definition) is 0. The minimum atomic E-state index is 0.581. The fourth-order valence-corrected chi connectivity index (χ4v) is 2.73. The third-order valence-electron chi connectivity index (χ3n) is 4.09. The standard InChI is InChI=1S/C20H23N3O4/c1-5-10-27-15-8-6-14(7-9-15)17-13-21-22-23(17)16-11-19(25-3)20(26-4)12-18(16)24-2/h6-9,11-13H,5,10H2,1-4H3. The molecule has 2 aromatic carbocycles. The van der Waals surface area contributed by atoms with Crippen molar-refractivity contribution in [2.75, 3.05) is 27.9 Å². The van der Waals surface area contributed by atoms with Crippen molar-refractivity contribution in [3.05, 3.63) is 42.6 Å². The van der Waals surface area contributed by atoms with Gasteiger partial charge in [-0.1, -0.05) is 12.1 Å². The molecule has 0 radical (unpaired) electrons. The van der Waals surface area contributed by atoms with Crippen molar-refractivity contribution < 1.29 is 18.9 Å². The first kappa shape index (κ1) is 18.6. The van der Waals surface area contributed by atoms with Gasteiger partial charge in [0.1, 0.15) is 17.2 Å². The lowest BCUT2D eigenvalue weighted by atomic mass is 10.1. The van der Waals surface area contributed by atoms with E-state index < -0.39 is 0 Å². The van der Waals surface area contributed by atoms with Crippen LogP contribution in [0.15, 0.2) is 42.6 Å². The molecular weight excluding hydrogens is 346 g/mol. The number of benzene rings is 2. The fourth-order valence-electron chi connectivity index (χ4n) is 2.73. The molecule has 0 unspecified atom stereocenters. The molecule has 27 heavy (non-hydrogen) atoms. The molecule has 1 heterocycles. The molecule has 7 nitrogen and oxygen atoms in total. The molecule has 0 saturated heterocycles. The van der Waals surface area contributed by atoms with Gasteiger partial charge in [-0.15, -0.1) is 5.10 Å². The van der Waals surface area contributed by atoms with Gasteiger partial charge < -0.3 is 18.9 Å². The van der Waals surface area contributed by atoms with Crippen LogP contribution in [0.3, 0.4) is 0 Å². The van der Waals surface area contributed by atoms with Gasteiger partial charge in [-0.2, -0.15) is 0 Å². The molecule has 0 bridgehead atoms. The third-order valence-corrected chi connectivity index (χ3v) is 4.09. The Kier molecular flexibility index (Phi) is 5.80. The van der Waals surface area contributed by atoms with E-state index in [2.05, 4.69) is 17.2 Å². The summed E-state index contributed by atoms with van der Waals surface area (Å²) >= 11 is 0. The number of hydrogen-bond acceptors (Lipinski definition) is 6. The van der Waals surface area contributed by atoms with Crippen LogP contribution in [0.25, 0.3) is 16.9 Å². The van der Waals surface area contributed by atoms with E-state index in [1.165, 1.54) is 0 Å². The normalized spacial score (nSPS) is 10.5. The molecule has 0 N–H and O–H groups in total. The molecule has 142 valence electrons. The maximum Gasteiger partial charge on any atom is 0.164 e. The number of ether oxygens (including phenoxy) is 4. The van der Waals surface area contributed by atoms with E-state index in [0.717, 1.165) is 23.4 Å². The number of aromatic nitrogens is 3. The Hall–Kier alpha value is -3.22. The average Bonchev–Trinajstić information content (AvgIpc) is 3.21. The molecule has 0 aliphatic heterocycles. The molecule has 0 aliphatic rings. The summed E-state index contributed by atoms with van der Waals surface area (Å²) < 4.78 is 23.6. The van der Waals surface area contributed by atoms with Crippen LogP contribution < -0.4 is 18.9 Å². The molecule has 3 rings (SSSR count). The third kappa shape index (κ3) is 3.81. The number of rotatable bonds is 8. The number of methoxy groups -OCH3 is 3. The summed E-state index contributed by atoms with van der Waals surface area (Å²) in [4.78, 5) is 0. The second-order valence-corrected chi connectivity index (χ2v) is 5.78. The predicted octanol–water partition coefficient (Wildman–Crippen LogP) is 3.75. The van der Waals surface area contributed by atoms with E-state index in [1.54, 1.807) is 38.3 Å². The zero-order valence-corrected chi connectivity index (χ0v) is 15.9. The van der Waals surface area contributed by atoms with Crippen LogP contribution in [0.2, 0.25) is 0 Å². The Morgan fingerprint density at radius 2 is 1.56 bits per heavy atom. The Balaban J connectivity index is 2.02. The first-order valence-electron chi connectivity index (χ1n) is 8.66. The van der Waals surface area contributed by atoms with Crippen molar-refractivity contribution in [1.29, 1.82) is 0 Å². The van der Waals surface area contributed by atoms with Gasteiger partial charge in [-0.05, 0) is 30.7 Å². The van der Waals surface area contributed by atoms with E-state index in [1.807, 2.05) is 30.3 Å². The van der Waals surface area contributed by atoms with Crippen molar-refractivity contribution in [3.8, 4) is 39.9 Å². The summed E-state index contributed by atoms with van der Waals surface area (Å²) in [5.74, 6) is 2.60. The Morgan fingerprint density at radius 3 is 2.19 bits per heavy atom. The van der Waals surface area contributed by atoms with E-state index in [0.29, 0.717) is 29.5 Å². The second kappa shape index (κ2) is 8.44. The van der Waals surface area contributed by atoms with Crippen LogP contribution in [-0.2, 0) is 0 Å². The van der Waals surface area contributed by atoms with Gasteiger partial charge in [0, 0.05) is 17.7 Å². The molecule has 0 spiro atoms. The van der Waals surface area contributed by atoms with E-state index in [9.17, 15) is 0 Å². The van der Waals surface area contributed by atoms with Gasteiger partial charge in [0.05, 0.1) is 39.8 Å². The van der Waals surface area contributed by atoms with Gasteiger partial charge in [0.15, 0.2) is 11.5 Å². The summed E-state index contributed by atoms with van der Waals surface area (Å²) in [6.45, 7) is 2.77. The van der Waals surface area contributed by atoms with Crippen molar-refractivity contribution in [2.24, 2.45) is 0 Å². The Labute approximate surface area is 158 Å². The van der Waals surface area contributed by atoms with Crippen LogP contribution in [0, 0.1) is 0 Å². The highest BCUT2D eigenvalue weighted by atomic mass is 16.5. The zero-order chi connectivity index (χ0) is 19.2. The predicted molar refractivity (Wildman–Crippen MR) is 102 cm³/mol. The van der Waals surface area contributed by atoms with Crippen molar-refractivity contribution in [1.82, 2.24) is 15.0 Å². The lowest BCUT2D eigenvalue weighted by molar-refractivity contribution is 0.317. The summed E-state index contributed by atoms with van der Waals surface area (Å²) in [6, 6.07) is 11.4. The lowest BCUT2D eigenvalue weighted by Crippen LogP contribution is -2.04. The van der Waals surface area contributed by atoms with Crippen LogP contribution in [0.1, 0.15) is 13.3 Å². The average molecular weight is 369 g/mol. The highest BCUT2D eigenvalue weighted by Crippen LogP contribution is 2.37. The van der Waals surface area contributed by atoms with Gasteiger partial charge in [0.2, 0.25) is 0 Å². The topological polar surface area (TPSA) is 67.6 Å². The molecule has 0 saturated carbocycles. The van der Waals surface area contributed by atoms with Crippen LogP contribution >= 0.6 is 0 Å². The summed E-state index contributed by atoms with van der Waals surface area (Å²) in [7, 11) is 4.77. The first-order chi connectivity index (χ1) is 13.2. The minimum Gasteiger partial charge on any atom is -0.494 e. The molecule has 0 fully saturated rings. The number of nitrogens with zero attached hydrogens (tertiary/aromatic N) is 3. The molecule has 3 aromatic rings. The summed E-state index contributed by atoms with van der Waals surface area (Å²) in [5, 5.41) is 8.31. The van der Waals surface area contributed by atoms with Gasteiger partial charge in [-0.3, -0.25) is 0 Å². The van der Waals surface area contributed by atoms with Crippen molar-refractivity contribution >= 4 is 0 Å². The zero-order valence-electron chi connectivity index (χ0n) is 15.9. The Bertz CT molecular complexity index is 891. The first-order valence-corrected chi connectivity index (χ1v) is 8.66. The van der Waals surface area contributed by atoms with Gasteiger partial charge >= 0.3 is 0 Å². The highest BCUT2D eigenvalue weighted by Gasteiger charge is 2.17. The van der Waals surface area contributed by atoms with Crippen molar-refractivity contribution in [3.63, 3.8) is 0 Å². The van der Waals surface area contributed by atoms with E-state index >= 15 is 0 Å². The summed E-state index contributed by atoms with van der Waals surface area (Å²) in [6.07, 6.45) is 2.68. The highest BCUT2D eigenvalue weighted by molar-refractivity contribution is 5.65. The molecule has 0 amide bonds. The van der Waals surface area contributed by atoms with E-state index in [-0.39, 0.29) is 0 Å². The minimum absolute atomic E-state index is 0.581. The van der Waals surface area contributed by atoms with Crippen LogP contribution in [-0.4, -0.2) is 42.9 Å².